The first-order valence-electron chi connectivity index (χ1n) is 9.45. The third-order valence-corrected chi connectivity index (χ3v) is 5.84. The van der Waals surface area contributed by atoms with Gasteiger partial charge in [0.1, 0.15) is 33.7 Å². The molecule has 1 spiro atoms. The van der Waals surface area contributed by atoms with E-state index >= 15 is 0 Å². The van der Waals surface area contributed by atoms with E-state index in [1.807, 2.05) is 12.1 Å². The van der Waals surface area contributed by atoms with Crippen LogP contribution in [0.2, 0.25) is 0 Å². The van der Waals surface area contributed by atoms with Crippen LogP contribution in [0.4, 0.5) is 4.39 Å². The van der Waals surface area contributed by atoms with Gasteiger partial charge in [-0.3, -0.25) is 14.7 Å². The quantitative estimate of drug-likeness (QED) is 0.699. The molecule has 2 aliphatic rings. The Balaban J connectivity index is 1.77. The van der Waals surface area contributed by atoms with E-state index in [-0.39, 0.29) is 11.7 Å². The highest BCUT2D eigenvalue weighted by Gasteiger charge is 2.50. The number of hydrogen-bond acceptors (Lipinski definition) is 5. The number of methoxy groups -OCH3 is 2. The maximum Gasteiger partial charge on any atom is 0.260 e. The molecule has 0 unspecified atom stereocenters. The molecule has 1 amide bonds. The third-order valence-electron chi connectivity index (χ3n) is 5.47. The number of ether oxygens (including phenoxy) is 2. The maximum absolute atomic E-state index is 13.3. The van der Waals surface area contributed by atoms with Crippen LogP contribution in [0.25, 0.3) is 0 Å². The summed E-state index contributed by atoms with van der Waals surface area (Å²) in [7, 11) is 3.16. The molecule has 0 atom stereocenters. The van der Waals surface area contributed by atoms with Crippen LogP contribution in [0.5, 0.6) is 11.5 Å². The molecule has 0 aromatic heterocycles. The number of halogens is 1. The zero-order valence-corrected chi connectivity index (χ0v) is 17.1. The monoisotopic (exact) mass is 412 g/mol. The van der Waals surface area contributed by atoms with Crippen LogP contribution in [0.3, 0.4) is 0 Å². The van der Waals surface area contributed by atoms with Crippen molar-refractivity contribution in [2.75, 3.05) is 14.2 Å². The van der Waals surface area contributed by atoms with Gasteiger partial charge in [0.05, 0.1) is 14.2 Å². The van der Waals surface area contributed by atoms with Crippen molar-refractivity contribution >= 4 is 28.8 Å². The van der Waals surface area contributed by atoms with E-state index in [1.165, 1.54) is 24.3 Å². The summed E-state index contributed by atoms with van der Waals surface area (Å²) in [4.78, 5) is 20.3. The lowest BCUT2D eigenvalue weighted by Gasteiger charge is -2.32. The lowest BCUT2D eigenvalue weighted by Crippen LogP contribution is -2.48. The molecule has 2 aromatic carbocycles. The Labute approximate surface area is 174 Å². The van der Waals surface area contributed by atoms with Crippen LogP contribution in [-0.2, 0) is 0 Å². The molecule has 1 fully saturated rings. The molecule has 29 heavy (non-hydrogen) atoms. The SMILES string of the molecule is COc1cc(OC)cc(C2=NC3(CCCC3)N(C(=O)c3ccc(F)cc3)C2=S)c1. The number of benzene rings is 2. The van der Waals surface area contributed by atoms with Crippen molar-refractivity contribution in [3.8, 4) is 11.5 Å². The topological polar surface area (TPSA) is 51.1 Å². The van der Waals surface area contributed by atoms with Crippen LogP contribution < -0.4 is 9.47 Å². The average molecular weight is 412 g/mol. The van der Waals surface area contributed by atoms with E-state index < -0.39 is 5.66 Å². The molecule has 0 radical (unpaired) electrons. The van der Waals surface area contributed by atoms with Crippen LogP contribution in [0, 0.1) is 5.82 Å². The van der Waals surface area contributed by atoms with Gasteiger partial charge in [0.15, 0.2) is 0 Å². The van der Waals surface area contributed by atoms with Crippen LogP contribution >= 0.6 is 12.2 Å². The van der Waals surface area contributed by atoms with Crippen molar-refractivity contribution < 1.29 is 18.7 Å². The highest BCUT2D eigenvalue weighted by Crippen LogP contribution is 2.42. The minimum atomic E-state index is -0.686. The minimum Gasteiger partial charge on any atom is -0.497 e. The Hall–Kier alpha value is -2.80. The van der Waals surface area contributed by atoms with Crippen LogP contribution in [0.1, 0.15) is 41.6 Å². The Bertz CT molecular complexity index is 975. The second-order valence-corrected chi connectivity index (χ2v) is 7.59. The first-order chi connectivity index (χ1) is 14.0. The molecule has 4 rings (SSSR count). The highest BCUT2D eigenvalue weighted by molar-refractivity contribution is 7.82. The van der Waals surface area contributed by atoms with Gasteiger partial charge in [-0.15, -0.1) is 0 Å². The summed E-state index contributed by atoms with van der Waals surface area (Å²) in [6.45, 7) is 0. The molecular formula is C22H21FN2O3S. The van der Waals surface area contributed by atoms with Gasteiger partial charge >= 0.3 is 0 Å². The van der Waals surface area contributed by atoms with Gasteiger partial charge in [0.2, 0.25) is 0 Å². The maximum atomic E-state index is 13.3. The number of carbonyl (C=O) groups is 1. The number of aliphatic imine (C=N–C) groups is 1. The number of carbonyl (C=O) groups excluding carboxylic acids is 1. The zero-order valence-electron chi connectivity index (χ0n) is 16.3. The molecule has 0 N–H and O–H groups in total. The van der Waals surface area contributed by atoms with Crippen LogP contribution in [0.15, 0.2) is 47.5 Å². The zero-order chi connectivity index (χ0) is 20.6. The number of rotatable bonds is 4. The van der Waals surface area contributed by atoms with Crippen LogP contribution in [-0.4, -0.2) is 41.4 Å². The Morgan fingerprint density at radius 1 is 1.07 bits per heavy atom. The standard InChI is InChI=1S/C22H21FN2O3S/c1-27-17-11-15(12-18(13-17)28-2)19-21(29)25(22(24-19)9-3-4-10-22)20(26)14-5-7-16(23)8-6-14/h5-8,11-13H,3-4,9-10H2,1-2H3. The van der Waals surface area contributed by atoms with E-state index in [1.54, 1.807) is 25.2 Å². The Kier molecular flexibility index (Phi) is 5.08. The van der Waals surface area contributed by atoms with Gasteiger partial charge in [-0.1, -0.05) is 12.2 Å². The molecular weight excluding hydrogens is 391 g/mol. The molecule has 7 heteroatoms. The summed E-state index contributed by atoms with van der Waals surface area (Å²) in [5.74, 6) is 0.592. The number of hydrogen-bond donors (Lipinski definition) is 0. The summed E-state index contributed by atoms with van der Waals surface area (Å²) >= 11 is 5.73. The molecule has 2 aromatic rings. The number of thiocarbonyl (C=S) groups is 1. The molecule has 1 heterocycles. The van der Waals surface area contributed by atoms with Gasteiger partial charge in [-0.2, -0.15) is 0 Å². The predicted molar refractivity (Wildman–Crippen MR) is 112 cm³/mol. The fourth-order valence-electron chi connectivity index (χ4n) is 4.01. The van der Waals surface area contributed by atoms with Crippen molar-refractivity contribution in [3.05, 3.63) is 59.4 Å². The van der Waals surface area contributed by atoms with E-state index in [0.717, 1.165) is 31.2 Å². The largest absolute Gasteiger partial charge is 0.497 e. The van der Waals surface area contributed by atoms with E-state index in [0.29, 0.717) is 27.8 Å². The summed E-state index contributed by atoms with van der Waals surface area (Å²) in [5, 5.41) is 0. The van der Waals surface area contributed by atoms with Crippen molar-refractivity contribution in [1.29, 1.82) is 0 Å². The third kappa shape index (κ3) is 3.40. The normalized spacial score (nSPS) is 17.6. The fraction of sp³-hybridized carbons (Fsp3) is 0.318. The predicted octanol–water partition coefficient (Wildman–Crippen LogP) is 4.39. The van der Waals surface area contributed by atoms with E-state index in [4.69, 9.17) is 26.7 Å². The smallest absolute Gasteiger partial charge is 0.260 e. The number of amides is 1. The summed E-state index contributed by atoms with van der Waals surface area (Å²) in [6.07, 6.45) is 3.41. The van der Waals surface area contributed by atoms with Gasteiger partial charge in [-0.05, 0) is 62.1 Å². The molecule has 1 aliphatic heterocycles. The molecule has 150 valence electrons. The second-order valence-electron chi connectivity index (χ2n) is 7.20. The molecule has 5 nitrogen and oxygen atoms in total. The second kappa shape index (κ2) is 7.55. The van der Waals surface area contributed by atoms with Gasteiger partial charge in [-0.25, -0.2) is 4.39 Å². The summed E-state index contributed by atoms with van der Waals surface area (Å²) in [5.41, 5.74) is 1.02. The van der Waals surface area contributed by atoms with Gasteiger partial charge < -0.3 is 9.47 Å². The van der Waals surface area contributed by atoms with E-state index in [2.05, 4.69) is 0 Å². The Morgan fingerprint density at radius 2 is 1.66 bits per heavy atom. The van der Waals surface area contributed by atoms with Gasteiger partial charge in [0.25, 0.3) is 5.91 Å². The fourth-order valence-corrected chi connectivity index (χ4v) is 4.43. The van der Waals surface area contributed by atoms with Crippen molar-refractivity contribution in [2.24, 2.45) is 4.99 Å². The van der Waals surface area contributed by atoms with E-state index in [9.17, 15) is 9.18 Å². The van der Waals surface area contributed by atoms with Gasteiger partial charge in [0, 0.05) is 17.2 Å². The van der Waals surface area contributed by atoms with Crippen molar-refractivity contribution in [1.82, 2.24) is 4.90 Å². The Morgan fingerprint density at radius 3 is 2.21 bits per heavy atom. The molecule has 1 aliphatic carbocycles. The first kappa shape index (κ1) is 19.5. The molecule has 1 saturated carbocycles. The van der Waals surface area contributed by atoms with Crippen molar-refractivity contribution in [3.63, 3.8) is 0 Å². The first-order valence-corrected chi connectivity index (χ1v) is 9.86. The number of nitrogens with zero attached hydrogens (tertiary/aromatic N) is 2. The average Bonchev–Trinajstić information content (AvgIpc) is 3.32. The van der Waals surface area contributed by atoms with Crippen molar-refractivity contribution in [2.45, 2.75) is 31.3 Å². The lowest BCUT2D eigenvalue weighted by atomic mass is 10.1. The molecule has 0 bridgehead atoms. The summed E-state index contributed by atoms with van der Waals surface area (Å²) in [6, 6.07) is 11.0. The highest BCUT2D eigenvalue weighted by atomic mass is 32.1. The summed E-state index contributed by atoms with van der Waals surface area (Å²) < 4.78 is 24.1. The molecule has 0 saturated heterocycles. The lowest BCUT2D eigenvalue weighted by molar-refractivity contribution is 0.0724. The minimum absolute atomic E-state index is 0.259.